The minimum Gasteiger partial charge on any atom is -0.383 e. The highest BCUT2D eigenvalue weighted by atomic mass is 16.5. The first-order valence-electron chi connectivity index (χ1n) is 7.24. The maximum atomic E-state index is 12.6. The first-order chi connectivity index (χ1) is 9.75. The van der Waals surface area contributed by atoms with Gasteiger partial charge in [0.15, 0.2) is 0 Å². The van der Waals surface area contributed by atoms with E-state index in [0.717, 1.165) is 6.54 Å². The SMILES string of the molecule is COCCN(CCN(C)C)C(=O)c1cnn(C(C)(C)C)c1. The van der Waals surface area contributed by atoms with Gasteiger partial charge in [-0.15, -0.1) is 0 Å². The van der Waals surface area contributed by atoms with Crippen molar-refractivity contribution in [3.05, 3.63) is 18.0 Å². The zero-order chi connectivity index (χ0) is 16.0. The van der Waals surface area contributed by atoms with Gasteiger partial charge in [0.1, 0.15) is 0 Å². The minimum absolute atomic E-state index is 0.00407. The molecule has 1 heterocycles. The van der Waals surface area contributed by atoms with E-state index in [1.165, 1.54) is 0 Å². The molecule has 0 aromatic carbocycles. The van der Waals surface area contributed by atoms with E-state index in [4.69, 9.17) is 4.74 Å². The van der Waals surface area contributed by atoms with Crippen molar-refractivity contribution in [1.29, 1.82) is 0 Å². The summed E-state index contributed by atoms with van der Waals surface area (Å²) in [6.07, 6.45) is 3.46. The lowest BCUT2D eigenvalue weighted by Crippen LogP contribution is -2.38. The van der Waals surface area contributed by atoms with Gasteiger partial charge >= 0.3 is 0 Å². The van der Waals surface area contributed by atoms with Crippen molar-refractivity contribution < 1.29 is 9.53 Å². The van der Waals surface area contributed by atoms with Crippen LogP contribution in [0.25, 0.3) is 0 Å². The summed E-state index contributed by atoms with van der Waals surface area (Å²) in [4.78, 5) is 16.5. The fourth-order valence-electron chi connectivity index (χ4n) is 1.82. The second-order valence-electron chi connectivity index (χ2n) is 6.43. The van der Waals surface area contributed by atoms with Crippen molar-refractivity contribution in [2.24, 2.45) is 0 Å². The van der Waals surface area contributed by atoms with E-state index in [2.05, 4.69) is 30.8 Å². The number of nitrogens with zero attached hydrogens (tertiary/aromatic N) is 4. The van der Waals surface area contributed by atoms with Gasteiger partial charge in [-0.1, -0.05) is 0 Å². The second-order valence-corrected chi connectivity index (χ2v) is 6.43. The summed E-state index contributed by atoms with van der Waals surface area (Å²) in [5, 5.41) is 4.29. The van der Waals surface area contributed by atoms with Gasteiger partial charge in [0.2, 0.25) is 0 Å². The molecule has 0 aliphatic carbocycles. The number of ether oxygens (including phenoxy) is 1. The van der Waals surface area contributed by atoms with E-state index >= 15 is 0 Å². The van der Waals surface area contributed by atoms with Gasteiger partial charge in [0.05, 0.1) is 23.9 Å². The smallest absolute Gasteiger partial charge is 0.257 e. The summed E-state index contributed by atoms with van der Waals surface area (Å²) in [6.45, 7) is 8.80. The van der Waals surface area contributed by atoms with Crippen molar-refractivity contribution in [2.45, 2.75) is 26.3 Å². The van der Waals surface area contributed by atoms with Crippen LogP contribution < -0.4 is 0 Å². The van der Waals surface area contributed by atoms with Gasteiger partial charge in [-0.25, -0.2) is 0 Å². The summed E-state index contributed by atoms with van der Waals surface area (Å²) in [7, 11) is 5.64. The summed E-state index contributed by atoms with van der Waals surface area (Å²) >= 11 is 0. The van der Waals surface area contributed by atoms with Crippen LogP contribution in [0.3, 0.4) is 0 Å². The van der Waals surface area contributed by atoms with Crippen LogP contribution in [0.2, 0.25) is 0 Å². The van der Waals surface area contributed by atoms with Crippen LogP contribution in [0, 0.1) is 0 Å². The highest BCUT2D eigenvalue weighted by Gasteiger charge is 2.20. The Morgan fingerprint density at radius 2 is 1.95 bits per heavy atom. The Bertz CT molecular complexity index is 449. The number of aromatic nitrogens is 2. The number of carbonyl (C=O) groups is 1. The van der Waals surface area contributed by atoms with E-state index in [0.29, 0.717) is 25.3 Å². The zero-order valence-corrected chi connectivity index (χ0v) is 14.1. The van der Waals surface area contributed by atoms with Crippen molar-refractivity contribution >= 4 is 5.91 Å². The fourth-order valence-corrected chi connectivity index (χ4v) is 1.82. The predicted octanol–water partition coefficient (Wildman–Crippen LogP) is 1.29. The number of methoxy groups -OCH3 is 1. The van der Waals surface area contributed by atoms with E-state index in [1.54, 1.807) is 13.3 Å². The fraction of sp³-hybridized carbons (Fsp3) is 0.733. The molecule has 0 aliphatic rings. The Balaban J connectivity index is 2.81. The quantitative estimate of drug-likeness (QED) is 0.761. The van der Waals surface area contributed by atoms with Crippen LogP contribution in [0.5, 0.6) is 0 Å². The number of likely N-dealkylation sites (N-methyl/N-ethyl adjacent to an activating group) is 1. The molecule has 6 heteroatoms. The standard InChI is InChI=1S/C15H28N4O2/c1-15(2,3)19-12-13(11-16-19)14(20)18(9-10-21-6)8-7-17(4)5/h11-12H,7-10H2,1-6H3. The Labute approximate surface area is 127 Å². The van der Waals surface area contributed by atoms with Crippen LogP contribution in [0.4, 0.5) is 0 Å². The maximum Gasteiger partial charge on any atom is 0.257 e. The first-order valence-corrected chi connectivity index (χ1v) is 7.24. The Hall–Kier alpha value is -1.40. The third-order valence-corrected chi connectivity index (χ3v) is 3.19. The van der Waals surface area contributed by atoms with Gasteiger partial charge < -0.3 is 14.5 Å². The molecular weight excluding hydrogens is 268 g/mol. The Kier molecular flexibility index (Phi) is 6.36. The largest absolute Gasteiger partial charge is 0.383 e. The third-order valence-electron chi connectivity index (χ3n) is 3.19. The summed E-state index contributed by atoms with van der Waals surface area (Å²) < 4.78 is 6.92. The van der Waals surface area contributed by atoms with Crippen molar-refractivity contribution in [1.82, 2.24) is 19.6 Å². The molecule has 6 nitrogen and oxygen atoms in total. The topological polar surface area (TPSA) is 50.6 Å². The van der Waals surface area contributed by atoms with Gasteiger partial charge in [-0.05, 0) is 34.9 Å². The summed E-state index contributed by atoms with van der Waals surface area (Å²) in [5.41, 5.74) is 0.499. The summed E-state index contributed by atoms with van der Waals surface area (Å²) in [6, 6.07) is 0. The molecule has 0 unspecified atom stereocenters. The van der Waals surface area contributed by atoms with E-state index in [9.17, 15) is 4.79 Å². The molecule has 1 aromatic rings. The Morgan fingerprint density at radius 1 is 1.29 bits per heavy atom. The molecule has 0 atom stereocenters. The van der Waals surface area contributed by atoms with Crippen LogP contribution in [0.1, 0.15) is 31.1 Å². The predicted molar refractivity (Wildman–Crippen MR) is 83.6 cm³/mol. The maximum absolute atomic E-state index is 12.6. The molecule has 0 saturated heterocycles. The molecule has 0 N–H and O–H groups in total. The van der Waals surface area contributed by atoms with Crippen molar-refractivity contribution in [2.75, 3.05) is 47.4 Å². The number of carbonyl (C=O) groups excluding carboxylic acids is 1. The Morgan fingerprint density at radius 3 is 2.43 bits per heavy atom. The van der Waals surface area contributed by atoms with Gasteiger partial charge in [-0.3, -0.25) is 9.48 Å². The molecule has 0 bridgehead atoms. The summed E-state index contributed by atoms with van der Waals surface area (Å²) in [5.74, 6) is 0.00407. The lowest BCUT2D eigenvalue weighted by atomic mass is 10.1. The molecule has 120 valence electrons. The first kappa shape index (κ1) is 17.7. The molecule has 0 spiro atoms. The average molecular weight is 296 g/mol. The highest BCUT2D eigenvalue weighted by molar-refractivity contribution is 5.93. The molecule has 0 aliphatic heterocycles. The van der Waals surface area contributed by atoms with Crippen molar-refractivity contribution in [3.63, 3.8) is 0 Å². The zero-order valence-electron chi connectivity index (χ0n) is 14.1. The van der Waals surface area contributed by atoms with E-state index in [1.807, 2.05) is 29.9 Å². The van der Waals surface area contributed by atoms with Gasteiger partial charge in [0, 0.05) is 32.9 Å². The van der Waals surface area contributed by atoms with E-state index < -0.39 is 0 Å². The lowest BCUT2D eigenvalue weighted by molar-refractivity contribution is 0.0683. The number of amides is 1. The molecule has 1 amide bonds. The molecule has 0 fully saturated rings. The number of rotatable bonds is 7. The third kappa shape index (κ3) is 5.47. The van der Waals surface area contributed by atoms with Crippen LogP contribution in [-0.2, 0) is 10.3 Å². The van der Waals surface area contributed by atoms with E-state index in [-0.39, 0.29) is 11.4 Å². The molecule has 1 rings (SSSR count). The molecule has 1 aromatic heterocycles. The monoisotopic (exact) mass is 296 g/mol. The van der Waals surface area contributed by atoms with Crippen molar-refractivity contribution in [3.8, 4) is 0 Å². The normalized spacial score (nSPS) is 12.0. The van der Waals surface area contributed by atoms with Gasteiger partial charge in [-0.2, -0.15) is 5.10 Å². The number of hydrogen-bond donors (Lipinski definition) is 0. The van der Waals surface area contributed by atoms with Crippen LogP contribution in [-0.4, -0.2) is 72.9 Å². The van der Waals surface area contributed by atoms with Gasteiger partial charge in [0.25, 0.3) is 5.91 Å². The molecule has 0 radical (unpaired) electrons. The average Bonchev–Trinajstić information content (AvgIpc) is 2.87. The molecular formula is C15H28N4O2. The minimum atomic E-state index is -0.125. The molecule has 21 heavy (non-hydrogen) atoms. The van der Waals surface area contributed by atoms with Crippen LogP contribution >= 0.6 is 0 Å². The number of hydrogen-bond acceptors (Lipinski definition) is 4. The lowest BCUT2D eigenvalue weighted by Gasteiger charge is -2.24. The van der Waals surface area contributed by atoms with Crippen LogP contribution in [0.15, 0.2) is 12.4 Å². The second kappa shape index (κ2) is 7.56. The molecule has 0 saturated carbocycles. The highest BCUT2D eigenvalue weighted by Crippen LogP contribution is 2.14.